The lowest BCUT2D eigenvalue weighted by Crippen LogP contribution is -2.23. The molecule has 0 aliphatic rings. The molecule has 0 aliphatic carbocycles. The summed E-state index contributed by atoms with van der Waals surface area (Å²) < 4.78 is 2.08. The number of nitrogens with one attached hydrogen (secondary N) is 2. The molecule has 3 aromatic carbocycles. The second kappa shape index (κ2) is 11.7. The average molecular weight is 492 g/mol. The molecular weight excluding hydrogens is 466 g/mol. The number of carbonyl (C=O) groups excluding carboxylic acids is 1. The van der Waals surface area contributed by atoms with Gasteiger partial charge in [0, 0.05) is 22.9 Å². The van der Waals surface area contributed by atoms with Crippen molar-refractivity contribution in [3.8, 4) is 0 Å². The lowest BCUT2D eigenvalue weighted by molar-refractivity contribution is -0.115. The summed E-state index contributed by atoms with van der Waals surface area (Å²) in [5.74, 6) is 0.724. The fraction of sp³-hybridized carbons (Fsp3) is 0.192. The number of halogens is 1. The SMILES string of the molecule is C[C@@H](Sc1nnc(CNc2cccc(Cl)c2)n1CCc1ccccc1)C(=O)Nc1ccccc1. The van der Waals surface area contributed by atoms with Crippen LogP contribution in [0.1, 0.15) is 18.3 Å². The van der Waals surface area contributed by atoms with Gasteiger partial charge in [0.2, 0.25) is 5.91 Å². The van der Waals surface area contributed by atoms with E-state index in [9.17, 15) is 4.79 Å². The largest absolute Gasteiger partial charge is 0.378 e. The topological polar surface area (TPSA) is 71.8 Å². The Morgan fingerprint density at radius 3 is 2.41 bits per heavy atom. The molecule has 4 aromatic rings. The van der Waals surface area contributed by atoms with Crippen LogP contribution in [0, 0.1) is 0 Å². The monoisotopic (exact) mass is 491 g/mol. The van der Waals surface area contributed by atoms with E-state index in [1.807, 2.05) is 79.7 Å². The molecule has 0 aliphatic heterocycles. The first-order valence-electron chi connectivity index (χ1n) is 11.1. The van der Waals surface area contributed by atoms with Gasteiger partial charge in [0.15, 0.2) is 11.0 Å². The molecule has 2 N–H and O–H groups in total. The molecule has 8 heteroatoms. The highest BCUT2D eigenvalue weighted by Gasteiger charge is 2.20. The molecule has 34 heavy (non-hydrogen) atoms. The smallest absolute Gasteiger partial charge is 0.237 e. The van der Waals surface area contributed by atoms with E-state index in [2.05, 4.69) is 37.5 Å². The highest BCUT2D eigenvalue weighted by Crippen LogP contribution is 2.25. The molecular formula is C26H26ClN5OS. The van der Waals surface area contributed by atoms with Crippen LogP contribution in [0.5, 0.6) is 0 Å². The van der Waals surface area contributed by atoms with Crippen LogP contribution in [0.25, 0.3) is 0 Å². The molecule has 1 aromatic heterocycles. The van der Waals surface area contributed by atoms with Gasteiger partial charge in [-0.25, -0.2) is 0 Å². The summed E-state index contributed by atoms with van der Waals surface area (Å²) in [6, 6.07) is 27.3. The Morgan fingerprint density at radius 1 is 0.971 bits per heavy atom. The first-order valence-corrected chi connectivity index (χ1v) is 12.3. The van der Waals surface area contributed by atoms with Crippen LogP contribution in [0.4, 0.5) is 11.4 Å². The third-order valence-corrected chi connectivity index (χ3v) is 6.54. The van der Waals surface area contributed by atoms with Crippen LogP contribution < -0.4 is 10.6 Å². The van der Waals surface area contributed by atoms with Crippen molar-refractivity contribution in [2.45, 2.75) is 36.8 Å². The Kier molecular flexibility index (Phi) is 8.22. The molecule has 1 amide bonds. The summed E-state index contributed by atoms with van der Waals surface area (Å²) in [5, 5.41) is 16.2. The van der Waals surface area contributed by atoms with Crippen molar-refractivity contribution in [1.82, 2.24) is 14.8 Å². The van der Waals surface area contributed by atoms with Crippen molar-refractivity contribution in [2.75, 3.05) is 10.6 Å². The summed E-state index contributed by atoms with van der Waals surface area (Å²) >= 11 is 7.52. The number of thioether (sulfide) groups is 1. The summed E-state index contributed by atoms with van der Waals surface area (Å²) in [6.07, 6.45) is 0.835. The fourth-order valence-electron chi connectivity index (χ4n) is 3.40. The van der Waals surface area contributed by atoms with E-state index in [1.165, 1.54) is 17.3 Å². The zero-order chi connectivity index (χ0) is 23.8. The van der Waals surface area contributed by atoms with Crippen LogP contribution in [-0.4, -0.2) is 25.9 Å². The van der Waals surface area contributed by atoms with Crippen molar-refractivity contribution in [3.63, 3.8) is 0 Å². The quantitative estimate of drug-likeness (QED) is 0.270. The minimum atomic E-state index is -0.339. The number of hydrogen-bond donors (Lipinski definition) is 2. The van der Waals surface area contributed by atoms with E-state index >= 15 is 0 Å². The maximum absolute atomic E-state index is 12.7. The molecule has 0 radical (unpaired) electrons. The molecule has 6 nitrogen and oxygen atoms in total. The Balaban J connectivity index is 1.48. The maximum Gasteiger partial charge on any atom is 0.237 e. The van der Waals surface area contributed by atoms with Crippen molar-refractivity contribution in [1.29, 1.82) is 0 Å². The van der Waals surface area contributed by atoms with Crippen molar-refractivity contribution >= 4 is 40.6 Å². The second-order valence-electron chi connectivity index (χ2n) is 7.77. The van der Waals surface area contributed by atoms with Gasteiger partial charge in [-0.05, 0) is 49.2 Å². The zero-order valence-electron chi connectivity index (χ0n) is 18.8. The van der Waals surface area contributed by atoms with Gasteiger partial charge in [0.05, 0.1) is 11.8 Å². The van der Waals surface area contributed by atoms with Gasteiger partial charge in [-0.3, -0.25) is 4.79 Å². The normalized spacial score (nSPS) is 11.7. The molecule has 1 heterocycles. The van der Waals surface area contributed by atoms with Crippen molar-refractivity contribution < 1.29 is 4.79 Å². The van der Waals surface area contributed by atoms with Crippen LogP contribution in [0.3, 0.4) is 0 Å². The number of aromatic nitrogens is 3. The molecule has 1 atom stereocenters. The molecule has 0 unspecified atom stereocenters. The Labute approximate surface area is 208 Å². The number of benzene rings is 3. The van der Waals surface area contributed by atoms with E-state index in [1.54, 1.807) is 0 Å². The van der Waals surface area contributed by atoms with Gasteiger partial charge in [0.1, 0.15) is 0 Å². The van der Waals surface area contributed by atoms with Gasteiger partial charge >= 0.3 is 0 Å². The minimum Gasteiger partial charge on any atom is -0.378 e. The average Bonchev–Trinajstić information content (AvgIpc) is 3.23. The number of amides is 1. The lowest BCUT2D eigenvalue weighted by atomic mass is 10.1. The Bertz CT molecular complexity index is 1220. The molecule has 0 bridgehead atoms. The van der Waals surface area contributed by atoms with Crippen LogP contribution in [-0.2, 0) is 24.3 Å². The van der Waals surface area contributed by atoms with Crippen LogP contribution in [0.15, 0.2) is 90.1 Å². The number of para-hydroxylation sites is 1. The molecule has 0 saturated heterocycles. The summed E-state index contributed by atoms with van der Waals surface area (Å²) in [6.45, 7) is 3.08. The van der Waals surface area contributed by atoms with Gasteiger partial charge in [-0.2, -0.15) is 0 Å². The molecule has 0 saturated carbocycles. The standard InChI is InChI=1S/C26H26ClN5OS/c1-19(25(33)29-22-12-6-3-7-13-22)34-26-31-30-24(18-28-23-14-8-11-21(27)17-23)32(26)16-15-20-9-4-2-5-10-20/h2-14,17,19,28H,15-16,18H2,1H3,(H,29,33)/t19-/m1/s1. The molecule has 0 fully saturated rings. The maximum atomic E-state index is 12.7. The van der Waals surface area contributed by atoms with Gasteiger partial charge in [-0.1, -0.05) is 78.0 Å². The van der Waals surface area contributed by atoms with Crippen molar-refractivity contribution in [2.24, 2.45) is 0 Å². The molecule has 0 spiro atoms. The van der Waals surface area contributed by atoms with E-state index in [0.29, 0.717) is 18.1 Å². The van der Waals surface area contributed by atoms with Gasteiger partial charge in [-0.15, -0.1) is 10.2 Å². The zero-order valence-corrected chi connectivity index (χ0v) is 20.4. The number of hydrogen-bond acceptors (Lipinski definition) is 5. The molecule has 174 valence electrons. The summed E-state index contributed by atoms with van der Waals surface area (Å²) in [5.41, 5.74) is 2.92. The predicted octanol–water partition coefficient (Wildman–Crippen LogP) is 5.91. The first-order chi connectivity index (χ1) is 16.6. The van der Waals surface area contributed by atoms with E-state index in [4.69, 9.17) is 11.6 Å². The molecule has 4 rings (SSSR count). The van der Waals surface area contributed by atoms with E-state index in [-0.39, 0.29) is 11.2 Å². The highest BCUT2D eigenvalue weighted by molar-refractivity contribution is 8.00. The lowest BCUT2D eigenvalue weighted by Gasteiger charge is -2.14. The number of anilines is 2. The summed E-state index contributed by atoms with van der Waals surface area (Å²) in [7, 11) is 0. The van der Waals surface area contributed by atoms with Crippen molar-refractivity contribution in [3.05, 3.63) is 101 Å². The Hall–Kier alpha value is -3.29. The van der Waals surface area contributed by atoms with Crippen LogP contribution >= 0.6 is 23.4 Å². The summed E-state index contributed by atoms with van der Waals surface area (Å²) in [4.78, 5) is 12.7. The number of carbonyl (C=O) groups is 1. The van der Waals surface area contributed by atoms with E-state index in [0.717, 1.165) is 28.8 Å². The minimum absolute atomic E-state index is 0.0765. The van der Waals surface area contributed by atoms with Crippen LogP contribution in [0.2, 0.25) is 5.02 Å². The van der Waals surface area contributed by atoms with Gasteiger partial charge in [0.25, 0.3) is 0 Å². The number of rotatable bonds is 10. The highest BCUT2D eigenvalue weighted by atomic mass is 35.5. The van der Waals surface area contributed by atoms with Gasteiger partial charge < -0.3 is 15.2 Å². The van der Waals surface area contributed by atoms with E-state index < -0.39 is 0 Å². The number of aryl methyl sites for hydroxylation is 1. The third kappa shape index (κ3) is 6.62. The second-order valence-corrected chi connectivity index (χ2v) is 9.51. The number of nitrogens with zero attached hydrogens (tertiary/aromatic N) is 3. The fourth-order valence-corrected chi connectivity index (χ4v) is 4.49. The predicted molar refractivity (Wildman–Crippen MR) is 139 cm³/mol. The first kappa shape index (κ1) is 23.9. The Morgan fingerprint density at radius 2 is 1.68 bits per heavy atom. The third-order valence-electron chi connectivity index (χ3n) is 5.23.